The fraction of sp³-hybridized carbons (Fsp3) is 0.619. The largest absolute Gasteiger partial charge is 0.481 e. The lowest BCUT2D eigenvalue weighted by Crippen LogP contribution is -2.49. The smallest absolute Gasteiger partial charge is 0.213 e. The third-order valence-electron chi connectivity index (χ3n) is 6.67. The maximum Gasteiger partial charge on any atom is 0.213 e. The first-order valence-corrected chi connectivity index (χ1v) is 13.0. The summed E-state index contributed by atoms with van der Waals surface area (Å²) in [6.07, 6.45) is 5.72. The summed E-state index contributed by atoms with van der Waals surface area (Å²) in [7, 11) is -1.58. The molecule has 5 atom stereocenters. The third-order valence-corrected chi connectivity index (χ3v) is 8.04. The minimum atomic E-state index is -3.18. The van der Waals surface area contributed by atoms with E-state index >= 15 is 0 Å². The van der Waals surface area contributed by atoms with Crippen molar-refractivity contribution in [2.75, 3.05) is 24.0 Å². The van der Waals surface area contributed by atoms with Gasteiger partial charge in [-0.15, -0.1) is 0 Å². The second kappa shape index (κ2) is 8.29. The number of hydrazine groups is 1. The van der Waals surface area contributed by atoms with E-state index in [1.54, 1.807) is 11.4 Å². The van der Waals surface area contributed by atoms with Crippen LogP contribution < -0.4 is 26.2 Å². The molecule has 11 heteroatoms. The van der Waals surface area contributed by atoms with Crippen LogP contribution >= 0.6 is 0 Å². The van der Waals surface area contributed by atoms with E-state index in [0.717, 1.165) is 54.6 Å². The highest BCUT2D eigenvalue weighted by atomic mass is 32.2. The lowest BCUT2D eigenvalue weighted by molar-refractivity contribution is 0.236. The molecule has 174 valence electrons. The van der Waals surface area contributed by atoms with Crippen molar-refractivity contribution in [3.63, 3.8) is 0 Å². The van der Waals surface area contributed by atoms with Crippen LogP contribution in [0.25, 0.3) is 10.9 Å². The number of piperidine rings is 1. The Morgan fingerprint density at radius 1 is 1.09 bits per heavy atom. The summed E-state index contributed by atoms with van der Waals surface area (Å²) in [5.74, 6) is 2.04. The molecule has 10 nitrogen and oxygen atoms in total. The molecule has 3 saturated heterocycles. The van der Waals surface area contributed by atoms with E-state index in [0.29, 0.717) is 11.9 Å². The van der Waals surface area contributed by atoms with E-state index in [2.05, 4.69) is 33.4 Å². The molecule has 0 saturated carbocycles. The van der Waals surface area contributed by atoms with Crippen LogP contribution in [-0.4, -0.2) is 66.4 Å². The Morgan fingerprint density at radius 3 is 2.47 bits per heavy atom. The molecule has 32 heavy (non-hydrogen) atoms. The number of pyridine rings is 2. The molecule has 3 aliphatic heterocycles. The Bertz CT molecular complexity index is 1100. The van der Waals surface area contributed by atoms with Gasteiger partial charge < -0.3 is 15.4 Å². The predicted molar refractivity (Wildman–Crippen MR) is 124 cm³/mol. The standard InChI is InChI=1S/C21H31N7O3S/c1-12-8-19(27-26-12)24-18-11-17-16(6-7-20(23-17)31-2)21(25-18)22-13-9-14-4-5-15(10-13)28(14)32(3,29)30/h6-7,11-15,19,26-27H,4-5,8-10H2,1-3H3,(H2,22,24,25)/t12?,13?,14-,15+,19?. The van der Waals surface area contributed by atoms with E-state index in [4.69, 9.17) is 9.72 Å². The Kier molecular flexibility index (Phi) is 5.60. The normalized spacial score (nSPS) is 30.5. The van der Waals surface area contributed by atoms with Crippen molar-refractivity contribution in [3.05, 3.63) is 18.2 Å². The van der Waals surface area contributed by atoms with Crippen LogP contribution in [0.4, 0.5) is 11.6 Å². The van der Waals surface area contributed by atoms with Gasteiger partial charge in [0.05, 0.1) is 25.0 Å². The van der Waals surface area contributed by atoms with E-state index < -0.39 is 10.0 Å². The first kappa shape index (κ1) is 21.6. The van der Waals surface area contributed by atoms with Crippen molar-refractivity contribution in [1.29, 1.82) is 0 Å². The number of fused-ring (bicyclic) bond motifs is 3. The maximum absolute atomic E-state index is 12.2. The van der Waals surface area contributed by atoms with E-state index in [-0.39, 0.29) is 24.3 Å². The number of nitrogens with one attached hydrogen (secondary N) is 4. The van der Waals surface area contributed by atoms with Crippen LogP contribution in [-0.2, 0) is 10.0 Å². The van der Waals surface area contributed by atoms with Gasteiger partial charge in [-0.25, -0.2) is 23.8 Å². The summed E-state index contributed by atoms with van der Waals surface area (Å²) >= 11 is 0. The van der Waals surface area contributed by atoms with Crippen molar-refractivity contribution in [2.24, 2.45) is 0 Å². The number of hydrogen-bond acceptors (Lipinski definition) is 9. The van der Waals surface area contributed by atoms with Gasteiger partial charge in [0.2, 0.25) is 15.9 Å². The van der Waals surface area contributed by atoms with Gasteiger partial charge in [-0.3, -0.25) is 5.43 Å². The lowest BCUT2D eigenvalue weighted by Gasteiger charge is -2.37. The molecule has 3 aliphatic rings. The van der Waals surface area contributed by atoms with Crippen LogP contribution in [0.1, 0.15) is 39.0 Å². The van der Waals surface area contributed by atoms with Crippen LogP contribution in [0.3, 0.4) is 0 Å². The zero-order valence-corrected chi connectivity index (χ0v) is 19.4. The van der Waals surface area contributed by atoms with Gasteiger partial charge in [0.1, 0.15) is 11.6 Å². The molecule has 2 aromatic rings. The number of methoxy groups -OCH3 is 1. The molecule has 0 amide bonds. The van der Waals surface area contributed by atoms with Crippen LogP contribution in [0.5, 0.6) is 5.88 Å². The first-order valence-electron chi connectivity index (χ1n) is 11.2. The van der Waals surface area contributed by atoms with Gasteiger partial charge in [0.25, 0.3) is 0 Å². The number of sulfonamides is 1. The molecular weight excluding hydrogens is 430 g/mol. The quantitative estimate of drug-likeness (QED) is 0.509. The third kappa shape index (κ3) is 4.21. The average Bonchev–Trinajstić information content (AvgIpc) is 3.27. The molecule has 2 bridgehead atoms. The summed E-state index contributed by atoms with van der Waals surface area (Å²) in [5.41, 5.74) is 7.24. The number of hydrogen-bond donors (Lipinski definition) is 4. The van der Waals surface area contributed by atoms with Crippen LogP contribution in [0.2, 0.25) is 0 Å². The van der Waals surface area contributed by atoms with Crippen molar-refractivity contribution in [2.45, 2.75) is 69.4 Å². The van der Waals surface area contributed by atoms with Gasteiger partial charge in [-0.05, 0) is 45.1 Å². The van der Waals surface area contributed by atoms with Crippen LogP contribution in [0.15, 0.2) is 18.2 Å². The van der Waals surface area contributed by atoms with Crippen molar-refractivity contribution >= 4 is 32.6 Å². The van der Waals surface area contributed by atoms with Gasteiger partial charge >= 0.3 is 0 Å². The number of anilines is 2. The second-order valence-corrected chi connectivity index (χ2v) is 11.1. The molecule has 0 spiro atoms. The number of nitrogens with zero attached hydrogens (tertiary/aromatic N) is 3. The highest BCUT2D eigenvalue weighted by Crippen LogP contribution is 2.39. The highest BCUT2D eigenvalue weighted by Gasteiger charge is 2.45. The molecule has 5 heterocycles. The van der Waals surface area contributed by atoms with E-state index in [9.17, 15) is 8.42 Å². The van der Waals surface area contributed by atoms with Gasteiger partial charge in [0, 0.05) is 41.7 Å². The summed E-state index contributed by atoms with van der Waals surface area (Å²) in [6, 6.07) is 6.39. The highest BCUT2D eigenvalue weighted by molar-refractivity contribution is 7.88. The summed E-state index contributed by atoms with van der Waals surface area (Å²) in [4.78, 5) is 9.49. The maximum atomic E-state index is 12.2. The first-order chi connectivity index (χ1) is 15.3. The second-order valence-electron chi connectivity index (χ2n) is 9.19. The SMILES string of the molecule is COc1ccc2c(NC3C[C@H]4CC[C@@H](C3)N4S(C)(=O)=O)nc(NC3CC(C)NN3)cc2n1. The predicted octanol–water partition coefficient (Wildman–Crippen LogP) is 1.63. The minimum Gasteiger partial charge on any atom is -0.481 e. The Balaban J connectivity index is 1.42. The molecule has 4 N–H and O–H groups in total. The minimum absolute atomic E-state index is 0.0577. The molecule has 0 radical (unpaired) electrons. The summed E-state index contributed by atoms with van der Waals surface area (Å²) in [5, 5.41) is 7.98. The summed E-state index contributed by atoms with van der Waals surface area (Å²) in [6.45, 7) is 2.12. The van der Waals surface area contributed by atoms with Gasteiger partial charge in [-0.2, -0.15) is 4.31 Å². The zero-order valence-electron chi connectivity index (χ0n) is 18.6. The average molecular weight is 462 g/mol. The Hall–Kier alpha value is -2.21. The molecule has 3 fully saturated rings. The lowest BCUT2D eigenvalue weighted by atomic mass is 9.99. The van der Waals surface area contributed by atoms with Gasteiger partial charge in [0.15, 0.2) is 0 Å². The molecule has 2 aromatic heterocycles. The van der Waals surface area contributed by atoms with Crippen LogP contribution in [0, 0.1) is 0 Å². The number of aromatic nitrogens is 2. The van der Waals surface area contributed by atoms with Crippen molar-refractivity contribution in [1.82, 2.24) is 25.1 Å². The van der Waals surface area contributed by atoms with Crippen molar-refractivity contribution in [3.8, 4) is 5.88 Å². The molecule has 0 aliphatic carbocycles. The molecular formula is C21H31N7O3S. The fourth-order valence-electron chi connectivity index (χ4n) is 5.38. The monoisotopic (exact) mass is 461 g/mol. The number of ether oxygens (including phenoxy) is 1. The number of rotatable bonds is 6. The molecule has 3 unspecified atom stereocenters. The molecule has 0 aromatic carbocycles. The fourth-order valence-corrected chi connectivity index (χ4v) is 6.85. The topological polar surface area (TPSA) is 121 Å². The van der Waals surface area contributed by atoms with Gasteiger partial charge in [-0.1, -0.05) is 0 Å². The van der Waals surface area contributed by atoms with Crippen molar-refractivity contribution < 1.29 is 13.2 Å². The summed E-state index contributed by atoms with van der Waals surface area (Å²) < 4.78 is 31.5. The Morgan fingerprint density at radius 2 is 1.84 bits per heavy atom. The zero-order chi connectivity index (χ0) is 22.5. The van der Waals surface area contributed by atoms with E-state index in [1.165, 1.54) is 6.26 Å². The molecule has 5 rings (SSSR count). The van der Waals surface area contributed by atoms with E-state index in [1.807, 2.05) is 18.2 Å². The Labute approximate surface area is 188 Å².